The van der Waals surface area contributed by atoms with Gasteiger partial charge in [-0.15, -0.1) is 0 Å². The number of hydrogen-bond acceptors (Lipinski definition) is 2. The maximum absolute atomic E-state index is 9.67. The smallest absolute Gasteiger partial charge is 0.157 e. The molecule has 0 amide bonds. The first kappa shape index (κ1) is 7.39. The SMILES string of the molecule is CC(C)(O[O])C(=N)N. The number of nitrogens with two attached hydrogens (primary N) is 1. The number of amidine groups is 1. The van der Waals surface area contributed by atoms with Crippen LogP contribution in [0.3, 0.4) is 0 Å². The highest BCUT2D eigenvalue weighted by molar-refractivity contribution is 5.85. The number of hydrogen-bond donors (Lipinski definition) is 2. The number of nitrogens with one attached hydrogen (secondary N) is 1. The summed E-state index contributed by atoms with van der Waals surface area (Å²) >= 11 is 0. The number of rotatable bonds is 2. The van der Waals surface area contributed by atoms with E-state index in [1.807, 2.05) is 0 Å². The van der Waals surface area contributed by atoms with Crippen LogP contribution in [0.25, 0.3) is 0 Å². The third kappa shape index (κ3) is 1.48. The molecule has 1 radical (unpaired) electrons. The van der Waals surface area contributed by atoms with Crippen molar-refractivity contribution in [3.63, 3.8) is 0 Å². The highest BCUT2D eigenvalue weighted by Gasteiger charge is 2.22. The van der Waals surface area contributed by atoms with Crippen LogP contribution in [0.1, 0.15) is 13.8 Å². The normalized spacial score (nSPS) is 11.4. The molecule has 0 unspecified atom stereocenters. The largest absolute Gasteiger partial charge is 0.385 e. The van der Waals surface area contributed by atoms with Gasteiger partial charge in [-0.25, -0.2) is 0 Å². The lowest BCUT2D eigenvalue weighted by Gasteiger charge is -2.15. The van der Waals surface area contributed by atoms with Gasteiger partial charge >= 0.3 is 0 Å². The van der Waals surface area contributed by atoms with Crippen molar-refractivity contribution in [2.45, 2.75) is 19.4 Å². The molecule has 0 heterocycles. The average Bonchev–Trinajstić information content (AvgIpc) is 1.67. The average molecular weight is 117 g/mol. The molecule has 3 N–H and O–H groups in total. The van der Waals surface area contributed by atoms with Crippen molar-refractivity contribution in [1.82, 2.24) is 0 Å². The second-order valence-corrected chi connectivity index (χ2v) is 2.01. The van der Waals surface area contributed by atoms with Crippen LogP contribution < -0.4 is 5.73 Å². The second-order valence-electron chi connectivity index (χ2n) is 2.01. The summed E-state index contributed by atoms with van der Waals surface area (Å²) in [5, 5.41) is 16.4. The van der Waals surface area contributed by atoms with E-state index in [9.17, 15) is 5.26 Å². The molecule has 4 nitrogen and oxygen atoms in total. The molecule has 0 saturated heterocycles. The Hall–Kier alpha value is -0.610. The van der Waals surface area contributed by atoms with E-state index >= 15 is 0 Å². The Morgan fingerprint density at radius 1 is 1.75 bits per heavy atom. The lowest BCUT2D eigenvalue weighted by atomic mass is 10.1. The molecule has 47 valence electrons. The van der Waals surface area contributed by atoms with Crippen LogP contribution in [0.15, 0.2) is 0 Å². The van der Waals surface area contributed by atoms with Crippen molar-refractivity contribution in [1.29, 1.82) is 5.41 Å². The Kier molecular flexibility index (Phi) is 1.94. The molecule has 0 saturated carbocycles. The van der Waals surface area contributed by atoms with Crippen LogP contribution in [0, 0.1) is 5.41 Å². The molecule has 0 fully saturated rings. The molecule has 0 spiro atoms. The van der Waals surface area contributed by atoms with Crippen molar-refractivity contribution >= 4 is 5.84 Å². The summed E-state index contributed by atoms with van der Waals surface area (Å²) in [5.41, 5.74) is 3.79. The Morgan fingerprint density at radius 2 is 2.12 bits per heavy atom. The first-order valence-corrected chi connectivity index (χ1v) is 2.16. The Labute approximate surface area is 47.7 Å². The monoisotopic (exact) mass is 117 g/mol. The molecule has 0 bridgehead atoms. The standard InChI is InChI=1S/C4H9N2O2/c1-4(2,8-7)3(5)6/h1-2H3,(H3,5,6). The quantitative estimate of drug-likeness (QED) is 0.232. The van der Waals surface area contributed by atoms with Gasteiger partial charge in [-0.2, -0.15) is 4.89 Å². The minimum absolute atomic E-state index is 0.257. The Morgan fingerprint density at radius 3 is 2.12 bits per heavy atom. The highest BCUT2D eigenvalue weighted by Crippen LogP contribution is 2.04. The Bertz CT molecular complexity index is 100. The van der Waals surface area contributed by atoms with Gasteiger partial charge in [0.2, 0.25) is 0 Å². The second kappa shape index (κ2) is 2.11. The van der Waals surface area contributed by atoms with Crippen molar-refractivity contribution < 1.29 is 10.1 Å². The molecule has 0 aliphatic carbocycles. The lowest BCUT2D eigenvalue weighted by molar-refractivity contribution is -0.345. The van der Waals surface area contributed by atoms with E-state index in [0.29, 0.717) is 0 Å². The van der Waals surface area contributed by atoms with Crippen molar-refractivity contribution in [2.75, 3.05) is 0 Å². The fraction of sp³-hybridized carbons (Fsp3) is 0.750. The van der Waals surface area contributed by atoms with E-state index in [0.717, 1.165) is 0 Å². The summed E-state index contributed by atoms with van der Waals surface area (Å²) in [5.74, 6) is -0.257. The van der Waals surface area contributed by atoms with E-state index in [4.69, 9.17) is 11.1 Å². The van der Waals surface area contributed by atoms with E-state index in [1.54, 1.807) is 0 Å². The predicted octanol–water partition coefficient (Wildman–Crippen LogP) is 0.0631. The van der Waals surface area contributed by atoms with Crippen LogP contribution in [0.2, 0.25) is 0 Å². The van der Waals surface area contributed by atoms with Gasteiger partial charge in [0, 0.05) is 0 Å². The first-order valence-electron chi connectivity index (χ1n) is 2.16. The van der Waals surface area contributed by atoms with E-state index < -0.39 is 5.60 Å². The zero-order valence-electron chi connectivity index (χ0n) is 4.89. The molecular formula is C4H9N2O2. The maximum Gasteiger partial charge on any atom is 0.157 e. The first-order chi connectivity index (χ1) is 3.50. The van der Waals surface area contributed by atoms with Crippen molar-refractivity contribution in [3.8, 4) is 0 Å². The topological polar surface area (TPSA) is 79.0 Å². The predicted molar refractivity (Wildman–Crippen MR) is 27.8 cm³/mol. The summed E-state index contributed by atoms with van der Waals surface area (Å²) in [7, 11) is 0. The van der Waals surface area contributed by atoms with Crippen molar-refractivity contribution in [2.24, 2.45) is 5.73 Å². The fourth-order valence-electron chi connectivity index (χ4n) is 0.0449. The molecule has 4 heteroatoms. The summed E-state index contributed by atoms with van der Waals surface area (Å²) < 4.78 is 0. The summed E-state index contributed by atoms with van der Waals surface area (Å²) in [4.78, 5) is 3.60. The van der Waals surface area contributed by atoms with Gasteiger partial charge in [0.05, 0.1) is 0 Å². The third-order valence-corrected chi connectivity index (χ3v) is 0.857. The zero-order valence-corrected chi connectivity index (χ0v) is 4.89. The lowest BCUT2D eigenvalue weighted by Crippen LogP contribution is -2.38. The zero-order chi connectivity index (χ0) is 6.78. The third-order valence-electron chi connectivity index (χ3n) is 0.857. The van der Waals surface area contributed by atoms with Gasteiger partial charge in [0.25, 0.3) is 0 Å². The Balaban J connectivity index is 3.91. The van der Waals surface area contributed by atoms with Crippen molar-refractivity contribution in [3.05, 3.63) is 0 Å². The molecule has 0 aliphatic heterocycles. The van der Waals surface area contributed by atoms with Gasteiger partial charge in [-0.05, 0) is 19.1 Å². The van der Waals surface area contributed by atoms with Crippen LogP contribution in [-0.2, 0) is 10.1 Å². The van der Waals surface area contributed by atoms with Gasteiger partial charge in [-0.1, -0.05) is 0 Å². The molecule has 0 aromatic rings. The molecule has 0 aliphatic rings. The van der Waals surface area contributed by atoms with E-state index in [1.165, 1.54) is 13.8 Å². The molecule has 0 atom stereocenters. The van der Waals surface area contributed by atoms with Gasteiger partial charge in [0.1, 0.15) is 5.84 Å². The summed E-state index contributed by atoms with van der Waals surface area (Å²) in [6, 6.07) is 0. The van der Waals surface area contributed by atoms with Gasteiger partial charge < -0.3 is 5.73 Å². The van der Waals surface area contributed by atoms with E-state index in [2.05, 4.69) is 4.89 Å². The fourth-order valence-corrected chi connectivity index (χ4v) is 0.0449. The van der Waals surface area contributed by atoms with E-state index in [-0.39, 0.29) is 5.84 Å². The minimum Gasteiger partial charge on any atom is -0.385 e. The summed E-state index contributed by atoms with van der Waals surface area (Å²) in [6.07, 6.45) is 0. The van der Waals surface area contributed by atoms with Crippen LogP contribution in [-0.4, -0.2) is 11.4 Å². The molecule has 8 heavy (non-hydrogen) atoms. The summed E-state index contributed by atoms with van der Waals surface area (Å²) in [6.45, 7) is 2.87. The van der Waals surface area contributed by atoms with Gasteiger partial charge in [-0.3, -0.25) is 5.41 Å². The van der Waals surface area contributed by atoms with Crippen LogP contribution >= 0.6 is 0 Å². The maximum atomic E-state index is 9.67. The molecular weight excluding hydrogens is 108 g/mol. The molecule has 0 aromatic heterocycles. The minimum atomic E-state index is -1.15. The molecule has 0 rings (SSSR count). The van der Waals surface area contributed by atoms with Gasteiger partial charge in [0.15, 0.2) is 5.60 Å². The van der Waals surface area contributed by atoms with Crippen LogP contribution in [0.5, 0.6) is 0 Å². The molecule has 0 aromatic carbocycles. The van der Waals surface area contributed by atoms with Crippen LogP contribution in [0.4, 0.5) is 0 Å². The highest BCUT2D eigenvalue weighted by atomic mass is 17.1.